The van der Waals surface area contributed by atoms with Crippen molar-refractivity contribution in [2.24, 2.45) is 0 Å². The highest BCUT2D eigenvalue weighted by Crippen LogP contribution is 2.48. The number of imide groups is 1. The number of sulfone groups is 1. The van der Waals surface area contributed by atoms with Crippen LogP contribution in [-0.2, 0) is 14.6 Å². The molecule has 2 heterocycles. The largest absolute Gasteiger partial charge is 0.331 e. The third kappa shape index (κ3) is 3.76. The number of piperazine rings is 1. The fourth-order valence-corrected chi connectivity index (χ4v) is 7.62. The normalized spacial score (nSPS) is 19.4. The molecule has 0 radical (unpaired) electrons. The minimum absolute atomic E-state index is 0.193. The molecule has 2 aliphatic heterocycles. The SMILES string of the molecule is O=C1c2cccc3cccc(c23)C(=O)N1CC[NH+]1CCN(C(=O)C2(S(=O)(=O)c3ccccc3)CC2)CC1. The summed E-state index contributed by atoms with van der Waals surface area (Å²) in [6.45, 7) is 3.03. The standard InChI is InChI=1S/C28H27N3O5S/c32-25-22-10-4-6-20-7-5-11-23(24(20)22)26(33)31(25)19-16-29-14-17-30(18-15-29)27(34)28(12-13-28)37(35,36)21-8-2-1-3-9-21/h1-11H,12-19H2/p+1. The fraction of sp³-hybridized carbons (Fsp3) is 0.321. The van der Waals surface area contributed by atoms with Crippen LogP contribution in [0.3, 0.4) is 0 Å². The van der Waals surface area contributed by atoms with Crippen LogP contribution in [0.1, 0.15) is 33.6 Å². The zero-order valence-corrected chi connectivity index (χ0v) is 21.2. The Kier molecular flexibility index (Phi) is 5.65. The highest BCUT2D eigenvalue weighted by molar-refractivity contribution is 7.94. The van der Waals surface area contributed by atoms with Gasteiger partial charge in [0.15, 0.2) is 14.6 Å². The molecule has 9 heteroatoms. The van der Waals surface area contributed by atoms with Gasteiger partial charge in [-0.3, -0.25) is 19.3 Å². The van der Waals surface area contributed by atoms with Crippen molar-refractivity contribution in [3.63, 3.8) is 0 Å². The number of quaternary nitrogens is 1. The molecule has 37 heavy (non-hydrogen) atoms. The number of carbonyl (C=O) groups excluding carboxylic acids is 3. The second-order valence-corrected chi connectivity index (χ2v) is 12.3. The summed E-state index contributed by atoms with van der Waals surface area (Å²) in [6.07, 6.45) is 0.701. The first kappa shape index (κ1) is 23.8. The summed E-state index contributed by atoms with van der Waals surface area (Å²) < 4.78 is 25.1. The second kappa shape index (κ2) is 8.78. The maximum Gasteiger partial charge on any atom is 0.261 e. The number of hydrogen-bond donors (Lipinski definition) is 1. The molecule has 0 bridgehead atoms. The van der Waals surface area contributed by atoms with Crippen LogP contribution in [0.4, 0.5) is 0 Å². The highest BCUT2D eigenvalue weighted by Gasteiger charge is 2.62. The zero-order chi connectivity index (χ0) is 25.8. The number of nitrogens with zero attached hydrogens (tertiary/aromatic N) is 2. The van der Waals surface area contributed by atoms with Crippen molar-refractivity contribution in [2.45, 2.75) is 22.5 Å². The van der Waals surface area contributed by atoms with E-state index in [1.807, 2.05) is 24.3 Å². The van der Waals surface area contributed by atoms with Gasteiger partial charge in [-0.25, -0.2) is 8.42 Å². The van der Waals surface area contributed by atoms with Gasteiger partial charge in [-0.15, -0.1) is 0 Å². The van der Waals surface area contributed by atoms with Gasteiger partial charge in [-0.2, -0.15) is 0 Å². The quantitative estimate of drug-likeness (QED) is 0.495. The van der Waals surface area contributed by atoms with Gasteiger partial charge in [0.1, 0.15) is 0 Å². The molecule has 1 aliphatic carbocycles. The third-order valence-corrected chi connectivity index (χ3v) is 10.5. The third-order valence-electron chi connectivity index (χ3n) is 7.96. The lowest BCUT2D eigenvalue weighted by Crippen LogP contribution is -3.15. The number of rotatable bonds is 6. The molecule has 2 fully saturated rings. The van der Waals surface area contributed by atoms with Crippen molar-refractivity contribution in [3.05, 3.63) is 77.9 Å². The summed E-state index contributed by atoms with van der Waals surface area (Å²) in [4.78, 5) is 44.0. The van der Waals surface area contributed by atoms with E-state index >= 15 is 0 Å². The van der Waals surface area contributed by atoms with Gasteiger partial charge < -0.3 is 9.80 Å². The first-order valence-corrected chi connectivity index (χ1v) is 14.1. The monoisotopic (exact) mass is 518 g/mol. The molecule has 190 valence electrons. The smallest absolute Gasteiger partial charge is 0.261 e. The maximum atomic E-state index is 13.3. The summed E-state index contributed by atoms with van der Waals surface area (Å²) in [5.41, 5.74) is 1.10. The minimum atomic E-state index is -3.75. The predicted molar refractivity (Wildman–Crippen MR) is 137 cm³/mol. The van der Waals surface area contributed by atoms with Crippen LogP contribution in [0.25, 0.3) is 10.8 Å². The molecular weight excluding hydrogens is 490 g/mol. The lowest BCUT2D eigenvalue weighted by atomic mass is 9.94. The first-order valence-electron chi connectivity index (χ1n) is 12.6. The van der Waals surface area contributed by atoms with Crippen LogP contribution in [-0.4, -0.2) is 80.0 Å². The van der Waals surface area contributed by atoms with Gasteiger partial charge in [-0.1, -0.05) is 42.5 Å². The number of amides is 3. The average Bonchev–Trinajstić information content (AvgIpc) is 3.75. The molecule has 6 rings (SSSR count). The van der Waals surface area contributed by atoms with Crippen molar-refractivity contribution in [1.29, 1.82) is 0 Å². The van der Waals surface area contributed by atoms with Crippen molar-refractivity contribution in [3.8, 4) is 0 Å². The number of nitrogens with one attached hydrogen (secondary N) is 1. The van der Waals surface area contributed by atoms with Gasteiger partial charge in [0, 0.05) is 16.5 Å². The lowest BCUT2D eigenvalue weighted by molar-refractivity contribution is -0.903. The van der Waals surface area contributed by atoms with Crippen LogP contribution in [0, 0.1) is 0 Å². The van der Waals surface area contributed by atoms with Crippen molar-refractivity contribution >= 4 is 38.3 Å². The number of benzene rings is 3. The highest BCUT2D eigenvalue weighted by atomic mass is 32.2. The van der Waals surface area contributed by atoms with Crippen LogP contribution in [0.5, 0.6) is 0 Å². The van der Waals surface area contributed by atoms with E-state index in [0.717, 1.165) is 10.8 Å². The molecule has 0 atom stereocenters. The molecule has 3 aromatic carbocycles. The van der Waals surface area contributed by atoms with Crippen molar-refractivity contribution in [1.82, 2.24) is 9.80 Å². The molecule has 1 saturated heterocycles. The molecule has 1 saturated carbocycles. The fourth-order valence-electron chi connectivity index (χ4n) is 5.65. The lowest BCUT2D eigenvalue weighted by Gasteiger charge is -2.35. The molecule has 0 spiro atoms. The molecule has 1 N–H and O–H groups in total. The Balaban J connectivity index is 1.09. The van der Waals surface area contributed by atoms with E-state index in [1.54, 1.807) is 47.4 Å². The Morgan fingerprint density at radius 2 is 1.43 bits per heavy atom. The van der Waals surface area contributed by atoms with E-state index in [2.05, 4.69) is 0 Å². The van der Waals surface area contributed by atoms with E-state index in [0.29, 0.717) is 56.7 Å². The molecule has 8 nitrogen and oxygen atoms in total. The molecule has 0 aromatic heterocycles. The second-order valence-electron chi connectivity index (χ2n) is 10.1. The van der Waals surface area contributed by atoms with Crippen LogP contribution < -0.4 is 4.90 Å². The van der Waals surface area contributed by atoms with Gasteiger partial charge in [-0.05, 0) is 42.5 Å². The van der Waals surface area contributed by atoms with E-state index < -0.39 is 14.6 Å². The van der Waals surface area contributed by atoms with Crippen LogP contribution in [0.15, 0.2) is 71.6 Å². The van der Waals surface area contributed by atoms with E-state index in [1.165, 1.54) is 9.80 Å². The van der Waals surface area contributed by atoms with Crippen molar-refractivity contribution in [2.75, 3.05) is 39.3 Å². The Hall–Kier alpha value is -3.56. The van der Waals surface area contributed by atoms with Gasteiger partial charge in [0.05, 0.1) is 44.2 Å². The predicted octanol–water partition coefficient (Wildman–Crippen LogP) is 1.17. The number of carbonyl (C=O) groups is 3. The summed E-state index contributed by atoms with van der Waals surface area (Å²) in [7, 11) is -3.75. The van der Waals surface area contributed by atoms with Gasteiger partial charge in [0.2, 0.25) is 5.91 Å². The average molecular weight is 519 g/mol. The molecule has 3 aromatic rings. The van der Waals surface area contributed by atoms with E-state index in [4.69, 9.17) is 0 Å². The zero-order valence-electron chi connectivity index (χ0n) is 20.4. The van der Waals surface area contributed by atoms with E-state index in [-0.39, 0.29) is 29.2 Å². The van der Waals surface area contributed by atoms with Crippen molar-refractivity contribution < 1.29 is 27.7 Å². The van der Waals surface area contributed by atoms with Crippen LogP contribution >= 0.6 is 0 Å². The van der Waals surface area contributed by atoms with Crippen LogP contribution in [0.2, 0.25) is 0 Å². The summed E-state index contributed by atoms with van der Waals surface area (Å²) in [5, 5.41) is 1.60. The summed E-state index contributed by atoms with van der Waals surface area (Å²) >= 11 is 0. The first-order chi connectivity index (χ1) is 17.8. The summed E-state index contributed by atoms with van der Waals surface area (Å²) in [5.74, 6) is -0.852. The Morgan fingerprint density at radius 1 is 0.838 bits per heavy atom. The molecule has 3 aliphatic rings. The number of hydrogen-bond acceptors (Lipinski definition) is 5. The summed E-state index contributed by atoms with van der Waals surface area (Å²) in [6, 6.07) is 19.2. The van der Waals surface area contributed by atoms with E-state index in [9.17, 15) is 22.8 Å². The Morgan fingerprint density at radius 3 is 2.00 bits per heavy atom. The van der Waals surface area contributed by atoms with Gasteiger partial charge in [0.25, 0.3) is 11.8 Å². The molecule has 0 unspecified atom stereocenters. The Labute approximate surface area is 215 Å². The van der Waals surface area contributed by atoms with Gasteiger partial charge >= 0.3 is 0 Å². The molecular formula is C28H28N3O5S+. The topological polar surface area (TPSA) is 96.3 Å². The maximum absolute atomic E-state index is 13.3. The minimum Gasteiger partial charge on any atom is -0.331 e. The molecule has 3 amide bonds. The Bertz CT molecular complexity index is 1470.